The summed E-state index contributed by atoms with van der Waals surface area (Å²) in [7, 11) is 2.06. The van der Waals surface area contributed by atoms with Gasteiger partial charge in [-0.05, 0) is 60.1 Å². The zero-order valence-corrected chi connectivity index (χ0v) is 21.4. The number of aromatic nitrogens is 2. The fraction of sp³-hybridized carbons (Fsp3) is 0.520. The van der Waals surface area contributed by atoms with Crippen LogP contribution in [-0.2, 0) is 4.79 Å². The maximum absolute atomic E-state index is 12.8. The third kappa shape index (κ3) is 6.91. The predicted octanol–water partition coefficient (Wildman–Crippen LogP) is 3.67. The second-order valence-electron chi connectivity index (χ2n) is 8.96. The van der Waals surface area contributed by atoms with Gasteiger partial charge in [0.2, 0.25) is 11.9 Å². The molecule has 2 aromatic rings. The molecule has 1 aromatic carbocycles. The molecular formula is C25H35BrFN7O2. The van der Waals surface area contributed by atoms with Gasteiger partial charge in [0, 0.05) is 56.2 Å². The van der Waals surface area contributed by atoms with Gasteiger partial charge in [0.15, 0.2) is 0 Å². The summed E-state index contributed by atoms with van der Waals surface area (Å²) < 4.78 is 13.1. The molecule has 1 saturated carbocycles. The number of anilines is 3. The van der Waals surface area contributed by atoms with Crippen molar-refractivity contribution >= 4 is 45.2 Å². The summed E-state index contributed by atoms with van der Waals surface area (Å²) in [5.41, 5.74) is 1.41. The van der Waals surface area contributed by atoms with E-state index in [9.17, 15) is 14.0 Å². The van der Waals surface area contributed by atoms with Crippen LogP contribution in [0.5, 0.6) is 0 Å². The highest BCUT2D eigenvalue weighted by Gasteiger charge is 2.33. The van der Waals surface area contributed by atoms with Crippen molar-refractivity contribution in [3.8, 4) is 0 Å². The van der Waals surface area contributed by atoms with Crippen LogP contribution in [0.15, 0.2) is 34.9 Å². The molecule has 196 valence electrons. The lowest BCUT2D eigenvalue weighted by molar-refractivity contribution is -0.125. The number of rotatable bonds is 8. The molecule has 2 amide bonds. The predicted molar refractivity (Wildman–Crippen MR) is 143 cm³/mol. The highest BCUT2D eigenvalue weighted by molar-refractivity contribution is 9.10. The summed E-state index contributed by atoms with van der Waals surface area (Å²) in [5, 5.41) is 9.18. The summed E-state index contributed by atoms with van der Waals surface area (Å²) >= 11 is 3.48. The summed E-state index contributed by atoms with van der Waals surface area (Å²) in [5.74, 6) is 0.653. The lowest BCUT2D eigenvalue weighted by Gasteiger charge is -2.32. The average molecular weight is 565 g/mol. The molecule has 2 atom stereocenters. The van der Waals surface area contributed by atoms with Gasteiger partial charge in [-0.2, -0.15) is 4.98 Å². The average Bonchev–Trinajstić information content (AvgIpc) is 3.33. The first-order chi connectivity index (χ1) is 16.9. The van der Waals surface area contributed by atoms with E-state index in [1.165, 1.54) is 0 Å². The first kappa shape index (κ1) is 27.8. The standard InChI is InChI=1S/C24H31BrFN7O2.CH4/c1-32-11-13-33(14-12-32)23(35)16-5-7-17(8-6-16)29-24-28-15-19(25)21(31-24)30-20-4-2-3-18(20)22(34)27-10-9-26;/h5-8,15,18,20H,2-4,9-14H2,1H3,(H,27,34)(H2,28,29,30,31);1H4/t18-,20+;/m0./s1. The molecule has 11 heteroatoms. The fourth-order valence-electron chi connectivity index (χ4n) is 4.47. The molecular weight excluding hydrogens is 529 g/mol. The van der Waals surface area contributed by atoms with Crippen LogP contribution < -0.4 is 16.0 Å². The van der Waals surface area contributed by atoms with E-state index >= 15 is 0 Å². The van der Waals surface area contributed by atoms with Crippen LogP contribution >= 0.6 is 15.9 Å². The molecule has 0 spiro atoms. The summed E-state index contributed by atoms with van der Waals surface area (Å²) in [6.07, 6.45) is 4.15. The Morgan fingerprint density at radius 2 is 1.86 bits per heavy atom. The maximum atomic E-state index is 12.8. The van der Waals surface area contributed by atoms with Crippen molar-refractivity contribution in [2.45, 2.75) is 32.7 Å². The summed E-state index contributed by atoms with van der Waals surface area (Å²) in [4.78, 5) is 38.1. The highest BCUT2D eigenvalue weighted by Crippen LogP contribution is 2.31. The zero-order valence-electron chi connectivity index (χ0n) is 19.8. The molecule has 1 saturated heterocycles. The van der Waals surface area contributed by atoms with E-state index in [1.54, 1.807) is 18.3 Å². The van der Waals surface area contributed by atoms with Crippen LogP contribution in [0.25, 0.3) is 0 Å². The quantitative estimate of drug-likeness (QED) is 0.450. The monoisotopic (exact) mass is 563 g/mol. The third-order valence-corrected chi connectivity index (χ3v) is 7.07. The van der Waals surface area contributed by atoms with Crippen molar-refractivity contribution in [3.05, 3.63) is 40.5 Å². The number of alkyl halides is 1. The SMILES string of the molecule is C.CN1CCN(C(=O)c2ccc(Nc3ncc(Br)c(N[C@@H]4CCC[C@@H]4C(=O)NCCF)n3)cc2)CC1. The lowest BCUT2D eigenvalue weighted by atomic mass is 10.0. The molecule has 1 aromatic heterocycles. The van der Waals surface area contributed by atoms with Crippen LogP contribution in [0, 0.1) is 5.92 Å². The number of halogens is 2. The van der Waals surface area contributed by atoms with Gasteiger partial charge in [0.25, 0.3) is 5.91 Å². The number of nitrogens with zero attached hydrogens (tertiary/aromatic N) is 4. The molecule has 4 rings (SSSR count). The highest BCUT2D eigenvalue weighted by atomic mass is 79.9. The second-order valence-corrected chi connectivity index (χ2v) is 9.81. The number of hydrogen-bond acceptors (Lipinski definition) is 7. The van der Waals surface area contributed by atoms with Gasteiger partial charge < -0.3 is 25.8 Å². The van der Waals surface area contributed by atoms with Crippen molar-refractivity contribution in [1.29, 1.82) is 0 Å². The molecule has 2 fully saturated rings. The number of hydrogen-bond donors (Lipinski definition) is 3. The van der Waals surface area contributed by atoms with Gasteiger partial charge in [0.1, 0.15) is 12.5 Å². The molecule has 2 heterocycles. The Hall–Kier alpha value is -2.79. The van der Waals surface area contributed by atoms with Gasteiger partial charge in [-0.15, -0.1) is 0 Å². The zero-order chi connectivity index (χ0) is 24.8. The third-order valence-electron chi connectivity index (χ3n) is 6.49. The van der Waals surface area contributed by atoms with Gasteiger partial charge in [-0.1, -0.05) is 13.8 Å². The Morgan fingerprint density at radius 1 is 1.14 bits per heavy atom. The fourth-order valence-corrected chi connectivity index (χ4v) is 4.78. The molecule has 1 aliphatic heterocycles. The van der Waals surface area contributed by atoms with E-state index in [-0.39, 0.29) is 37.7 Å². The Kier molecular flexibility index (Phi) is 10.0. The van der Waals surface area contributed by atoms with Crippen molar-refractivity contribution in [1.82, 2.24) is 25.1 Å². The molecule has 3 N–H and O–H groups in total. The van der Waals surface area contributed by atoms with Gasteiger partial charge in [0.05, 0.1) is 10.4 Å². The van der Waals surface area contributed by atoms with E-state index in [4.69, 9.17) is 0 Å². The van der Waals surface area contributed by atoms with Gasteiger partial charge in [-0.3, -0.25) is 9.59 Å². The van der Waals surface area contributed by atoms with Crippen LogP contribution in [0.1, 0.15) is 37.0 Å². The first-order valence-electron chi connectivity index (χ1n) is 11.9. The Morgan fingerprint density at radius 3 is 2.56 bits per heavy atom. The van der Waals surface area contributed by atoms with Crippen LogP contribution in [0.3, 0.4) is 0 Å². The summed E-state index contributed by atoms with van der Waals surface area (Å²) in [6, 6.07) is 7.20. The van der Waals surface area contributed by atoms with Crippen LogP contribution in [0.4, 0.5) is 21.8 Å². The largest absolute Gasteiger partial charge is 0.365 e. The minimum absolute atomic E-state index is 0. The van der Waals surface area contributed by atoms with Gasteiger partial charge >= 0.3 is 0 Å². The number of amides is 2. The Bertz CT molecular complexity index is 1030. The normalized spacial score (nSPS) is 19.9. The second kappa shape index (κ2) is 13.0. The van der Waals surface area contributed by atoms with E-state index in [1.807, 2.05) is 17.0 Å². The van der Waals surface area contributed by atoms with E-state index < -0.39 is 6.67 Å². The summed E-state index contributed by atoms with van der Waals surface area (Å²) in [6.45, 7) is 2.69. The van der Waals surface area contributed by atoms with Crippen LogP contribution in [0.2, 0.25) is 0 Å². The van der Waals surface area contributed by atoms with Crippen molar-refractivity contribution in [2.24, 2.45) is 5.92 Å². The van der Waals surface area contributed by atoms with Crippen molar-refractivity contribution < 1.29 is 14.0 Å². The number of carbonyl (C=O) groups excluding carboxylic acids is 2. The van der Waals surface area contributed by atoms with E-state index in [0.29, 0.717) is 21.8 Å². The Balaban J connectivity index is 0.00000361. The molecule has 9 nitrogen and oxygen atoms in total. The molecule has 1 aliphatic carbocycles. The topological polar surface area (TPSA) is 102 Å². The smallest absolute Gasteiger partial charge is 0.253 e. The number of benzene rings is 1. The van der Waals surface area contributed by atoms with Crippen molar-refractivity contribution in [2.75, 3.05) is 57.1 Å². The number of piperazine rings is 1. The minimum Gasteiger partial charge on any atom is -0.365 e. The van der Waals surface area contributed by atoms with E-state index in [0.717, 1.165) is 51.1 Å². The van der Waals surface area contributed by atoms with E-state index in [2.05, 4.69) is 53.8 Å². The minimum atomic E-state index is -0.575. The van der Waals surface area contributed by atoms with Crippen molar-refractivity contribution in [3.63, 3.8) is 0 Å². The molecule has 2 aliphatic rings. The van der Waals surface area contributed by atoms with Gasteiger partial charge in [-0.25, -0.2) is 9.37 Å². The lowest BCUT2D eigenvalue weighted by Crippen LogP contribution is -2.47. The first-order valence-corrected chi connectivity index (χ1v) is 12.7. The maximum Gasteiger partial charge on any atom is 0.253 e. The number of nitrogens with one attached hydrogen (secondary N) is 3. The number of likely N-dealkylation sites (N-methyl/N-ethyl adjacent to an activating group) is 1. The number of carbonyl (C=O) groups is 2. The molecule has 36 heavy (non-hydrogen) atoms. The molecule has 0 radical (unpaired) electrons. The van der Waals surface area contributed by atoms with Crippen LogP contribution in [-0.4, -0.2) is 84.1 Å². The Labute approximate surface area is 220 Å². The molecule has 0 bridgehead atoms. The molecule has 0 unspecified atom stereocenters.